The molecular formula is C17H25NO. The van der Waals surface area contributed by atoms with Crippen molar-refractivity contribution in [2.75, 3.05) is 7.05 Å². The summed E-state index contributed by atoms with van der Waals surface area (Å²) in [7, 11) is 1.74. The summed E-state index contributed by atoms with van der Waals surface area (Å²) in [4.78, 5) is 16.6. The zero-order valence-corrected chi connectivity index (χ0v) is 13.2. The first-order valence-corrected chi connectivity index (χ1v) is 6.69. The minimum Gasteiger partial charge on any atom is -0.296 e. The molecule has 2 nitrogen and oxygen atoms in total. The maximum Gasteiger partial charge on any atom is 0.186 e. The molecule has 0 aromatic heterocycles. The number of carbonyl (C=O) groups excluding carboxylic acids is 1. The number of carbonyl (C=O) groups is 1. The summed E-state index contributed by atoms with van der Waals surface area (Å²) in [6, 6.07) is 0. The molecule has 2 heteroatoms. The average Bonchev–Trinajstić information content (AvgIpc) is 2.24. The van der Waals surface area contributed by atoms with Gasteiger partial charge in [-0.15, -0.1) is 0 Å². The van der Waals surface area contributed by atoms with E-state index in [1.165, 1.54) is 0 Å². The van der Waals surface area contributed by atoms with Crippen LogP contribution in [0, 0.1) is 10.8 Å². The largest absolute Gasteiger partial charge is 0.296 e. The fourth-order valence-corrected chi connectivity index (χ4v) is 2.02. The summed E-state index contributed by atoms with van der Waals surface area (Å²) in [5, 5.41) is 0. The number of Topliss-reactive ketones (excluding diaryl/α,β-unsaturated/α-hetero) is 1. The topological polar surface area (TPSA) is 29.4 Å². The number of hydrogen-bond acceptors (Lipinski definition) is 2. The van der Waals surface area contributed by atoms with Crippen LogP contribution in [0.25, 0.3) is 0 Å². The molecule has 0 aromatic carbocycles. The highest BCUT2D eigenvalue weighted by atomic mass is 16.1. The summed E-state index contributed by atoms with van der Waals surface area (Å²) in [6.07, 6.45) is 7.68. The lowest BCUT2D eigenvalue weighted by Crippen LogP contribution is -2.27. The molecule has 0 N–H and O–H groups in total. The van der Waals surface area contributed by atoms with Crippen LogP contribution >= 0.6 is 0 Å². The lowest BCUT2D eigenvalue weighted by molar-refractivity contribution is -0.114. The monoisotopic (exact) mass is 259 g/mol. The predicted octanol–water partition coefficient (Wildman–Crippen LogP) is 4.14. The number of ketones is 1. The summed E-state index contributed by atoms with van der Waals surface area (Å²) in [5.41, 5.74) is 2.49. The minimum atomic E-state index is -0.149. The van der Waals surface area contributed by atoms with E-state index in [4.69, 9.17) is 0 Å². The Balaban J connectivity index is 3.38. The SMILES string of the molecule is C/N=C\C=C1C=C(C(C)(C)C)C(=O)C(C(C)(C)C)=C1. The van der Waals surface area contributed by atoms with Crippen LogP contribution in [0.2, 0.25) is 0 Å². The van der Waals surface area contributed by atoms with E-state index < -0.39 is 0 Å². The van der Waals surface area contributed by atoms with Crippen molar-refractivity contribution < 1.29 is 4.79 Å². The van der Waals surface area contributed by atoms with Crippen molar-refractivity contribution in [2.45, 2.75) is 41.5 Å². The molecule has 0 saturated carbocycles. The van der Waals surface area contributed by atoms with E-state index in [1.54, 1.807) is 13.3 Å². The molecule has 1 rings (SSSR count). The fourth-order valence-electron chi connectivity index (χ4n) is 2.02. The van der Waals surface area contributed by atoms with Crippen molar-refractivity contribution in [1.82, 2.24) is 0 Å². The molecular weight excluding hydrogens is 234 g/mol. The Hall–Kier alpha value is -1.44. The summed E-state index contributed by atoms with van der Waals surface area (Å²) in [5.74, 6) is 0.172. The van der Waals surface area contributed by atoms with Gasteiger partial charge in [-0.3, -0.25) is 9.79 Å². The van der Waals surface area contributed by atoms with Gasteiger partial charge < -0.3 is 0 Å². The van der Waals surface area contributed by atoms with Gasteiger partial charge >= 0.3 is 0 Å². The highest BCUT2D eigenvalue weighted by Gasteiger charge is 2.33. The van der Waals surface area contributed by atoms with E-state index in [2.05, 4.69) is 46.5 Å². The molecule has 0 unspecified atom stereocenters. The van der Waals surface area contributed by atoms with Crippen LogP contribution in [0.15, 0.2) is 39.9 Å². The first-order valence-electron chi connectivity index (χ1n) is 6.69. The van der Waals surface area contributed by atoms with E-state index in [0.29, 0.717) is 0 Å². The molecule has 1 aliphatic rings. The van der Waals surface area contributed by atoms with Crippen molar-refractivity contribution >= 4 is 12.0 Å². The van der Waals surface area contributed by atoms with Crippen molar-refractivity contribution in [3.05, 3.63) is 34.9 Å². The second-order valence-electron chi connectivity index (χ2n) is 7.02. The maximum atomic E-state index is 12.6. The molecule has 104 valence electrons. The third kappa shape index (κ3) is 3.76. The van der Waals surface area contributed by atoms with Gasteiger partial charge in [0.15, 0.2) is 5.78 Å². The molecule has 1 aliphatic carbocycles. The van der Waals surface area contributed by atoms with Gasteiger partial charge in [0, 0.05) is 24.4 Å². The van der Waals surface area contributed by atoms with E-state index in [1.807, 2.05) is 18.2 Å². The van der Waals surface area contributed by atoms with Gasteiger partial charge in [-0.2, -0.15) is 0 Å². The van der Waals surface area contributed by atoms with E-state index in [9.17, 15) is 4.79 Å². The molecule has 0 bridgehead atoms. The third-order valence-corrected chi connectivity index (χ3v) is 3.14. The second kappa shape index (κ2) is 5.28. The smallest absolute Gasteiger partial charge is 0.186 e. The van der Waals surface area contributed by atoms with Crippen LogP contribution in [-0.4, -0.2) is 19.0 Å². The number of rotatable bonds is 1. The van der Waals surface area contributed by atoms with Crippen LogP contribution in [0.3, 0.4) is 0 Å². The highest BCUT2D eigenvalue weighted by molar-refractivity contribution is 6.12. The Morgan fingerprint density at radius 1 is 0.947 bits per heavy atom. The van der Waals surface area contributed by atoms with Crippen molar-refractivity contribution in [1.29, 1.82) is 0 Å². The van der Waals surface area contributed by atoms with E-state index in [-0.39, 0.29) is 16.6 Å². The van der Waals surface area contributed by atoms with Crippen LogP contribution in [-0.2, 0) is 4.79 Å². The molecule has 0 radical (unpaired) electrons. The number of hydrogen-bond donors (Lipinski definition) is 0. The third-order valence-electron chi connectivity index (χ3n) is 3.14. The first kappa shape index (κ1) is 15.6. The maximum absolute atomic E-state index is 12.6. The minimum absolute atomic E-state index is 0.149. The molecule has 19 heavy (non-hydrogen) atoms. The molecule has 0 fully saturated rings. The predicted molar refractivity (Wildman–Crippen MR) is 82.6 cm³/mol. The van der Waals surface area contributed by atoms with Gasteiger partial charge in [0.25, 0.3) is 0 Å². The van der Waals surface area contributed by atoms with E-state index in [0.717, 1.165) is 16.7 Å². The van der Waals surface area contributed by atoms with Crippen molar-refractivity contribution in [3.8, 4) is 0 Å². The Labute approximate surface area is 117 Å². The normalized spacial score (nSPS) is 17.6. The summed E-state index contributed by atoms with van der Waals surface area (Å²) >= 11 is 0. The average molecular weight is 259 g/mol. The van der Waals surface area contributed by atoms with Gasteiger partial charge in [-0.1, -0.05) is 41.5 Å². The van der Waals surface area contributed by atoms with Gasteiger partial charge in [0.05, 0.1) is 0 Å². The fraction of sp³-hybridized carbons (Fsp3) is 0.529. The Kier molecular flexibility index (Phi) is 4.34. The molecule has 0 saturated heterocycles. The Bertz CT molecular complexity index is 452. The lowest BCUT2D eigenvalue weighted by Gasteiger charge is -2.31. The van der Waals surface area contributed by atoms with Crippen molar-refractivity contribution in [2.24, 2.45) is 15.8 Å². The van der Waals surface area contributed by atoms with Crippen LogP contribution in [0.5, 0.6) is 0 Å². The van der Waals surface area contributed by atoms with Gasteiger partial charge in [-0.25, -0.2) is 0 Å². The number of allylic oxidation sites excluding steroid dienone is 6. The molecule has 0 heterocycles. The van der Waals surface area contributed by atoms with E-state index >= 15 is 0 Å². The van der Waals surface area contributed by atoms with Gasteiger partial charge in [-0.05, 0) is 34.6 Å². The molecule has 0 aromatic rings. The zero-order valence-electron chi connectivity index (χ0n) is 13.2. The molecule has 0 aliphatic heterocycles. The highest BCUT2D eigenvalue weighted by Crippen LogP contribution is 2.38. The first-order chi connectivity index (χ1) is 8.57. The quantitative estimate of drug-likeness (QED) is 0.651. The molecule has 0 spiro atoms. The second-order valence-corrected chi connectivity index (χ2v) is 7.02. The Morgan fingerprint density at radius 3 is 1.68 bits per heavy atom. The summed E-state index contributed by atoms with van der Waals surface area (Å²) < 4.78 is 0. The zero-order chi connectivity index (χ0) is 14.8. The van der Waals surface area contributed by atoms with Crippen LogP contribution in [0.1, 0.15) is 41.5 Å². The molecule has 0 atom stereocenters. The summed E-state index contributed by atoms with van der Waals surface area (Å²) in [6.45, 7) is 12.5. The Morgan fingerprint density at radius 2 is 1.37 bits per heavy atom. The standard InChI is InChI=1S/C17H25NO/c1-16(2,3)13-10-12(8-9-18-7)11-14(15(13)19)17(4,5)6/h8-11H,1-7H3/b18-9-. The number of nitrogens with zero attached hydrogens (tertiary/aromatic N) is 1. The van der Waals surface area contributed by atoms with Gasteiger partial charge in [0.1, 0.15) is 0 Å². The van der Waals surface area contributed by atoms with Gasteiger partial charge in [0.2, 0.25) is 0 Å². The van der Waals surface area contributed by atoms with Crippen LogP contribution < -0.4 is 0 Å². The van der Waals surface area contributed by atoms with Crippen LogP contribution in [0.4, 0.5) is 0 Å². The molecule has 0 amide bonds. The lowest BCUT2D eigenvalue weighted by atomic mass is 9.72. The van der Waals surface area contributed by atoms with Crippen molar-refractivity contribution in [3.63, 3.8) is 0 Å². The number of aliphatic imine (C=N–C) groups is 1.